The largest absolute Gasteiger partial charge is 0.496 e. The fourth-order valence-electron chi connectivity index (χ4n) is 1.92. The molecule has 0 spiro atoms. The number of nitrogens with zero attached hydrogens (tertiary/aromatic N) is 1. The summed E-state index contributed by atoms with van der Waals surface area (Å²) in [4.78, 5) is 11.9. The van der Waals surface area contributed by atoms with Gasteiger partial charge in [0.2, 0.25) is 0 Å². The molecule has 1 N–H and O–H groups in total. The van der Waals surface area contributed by atoms with Crippen LogP contribution in [0, 0.1) is 13.8 Å². The van der Waals surface area contributed by atoms with Crippen LogP contribution in [0.15, 0.2) is 47.6 Å². The van der Waals surface area contributed by atoms with Gasteiger partial charge in [0.15, 0.2) is 0 Å². The Balaban J connectivity index is 2.00. The smallest absolute Gasteiger partial charge is 0.271 e. The first-order valence-corrected chi connectivity index (χ1v) is 6.65. The van der Waals surface area contributed by atoms with E-state index < -0.39 is 0 Å². The average Bonchev–Trinajstić information content (AvgIpc) is 2.48. The number of nitrogens with one attached hydrogen (secondary N) is 1. The highest BCUT2D eigenvalue weighted by molar-refractivity contribution is 5.94. The first-order chi connectivity index (χ1) is 10.1. The van der Waals surface area contributed by atoms with Gasteiger partial charge in [-0.1, -0.05) is 17.7 Å². The molecule has 0 unspecified atom stereocenters. The predicted octanol–water partition coefficient (Wildman–Crippen LogP) is 3.08. The monoisotopic (exact) mass is 282 g/mol. The van der Waals surface area contributed by atoms with Gasteiger partial charge >= 0.3 is 0 Å². The first kappa shape index (κ1) is 14.8. The van der Waals surface area contributed by atoms with Crippen LogP contribution >= 0.6 is 0 Å². The minimum absolute atomic E-state index is 0.225. The van der Waals surface area contributed by atoms with Gasteiger partial charge in [-0.15, -0.1) is 0 Å². The van der Waals surface area contributed by atoms with Gasteiger partial charge in [0.25, 0.3) is 5.91 Å². The number of ether oxygens (including phenoxy) is 1. The SMILES string of the molecule is COc1ccc(C=NNC(=O)c2ccc(C)cc2)cc1C. The molecule has 0 fully saturated rings. The Kier molecular flexibility index (Phi) is 4.72. The molecule has 0 radical (unpaired) electrons. The van der Waals surface area contributed by atoms with E-state index in [-0.39, 0.29) is 5.91 Å². The molecule has 0 aliphatic heterocycles. The number of hydrazone groups is 1. The highest BCUT2D eigenvalue weighted by Gasteiger charge is 2.03. The summed E-state index contributed by atoms with van der Waals surface area (Å²) in [5, 5.41) is 3.97. The van der Waals surface area contributed by atoms with E-state index in [1.54, 1.807) is 25.5 Å². The molecule has 1 amide bonds. The van der Waals surface area contributed by atoms with Crippen LogP contribution in [0.4, 0.5) is 0 Å². The summed E-state index contributed by atoms with van der Waals surface area (Å²) in [7, 11) is 1.64. The van der Waals surface area contributed by atoms with Crippen molar-refractivity contribution in [3.8, 4) is 5.75 Å². The summed E-state index contributed by atoms with van der Waals surface area (Å²) in [6.45, 7) is 3.94. The Morgan fingerprint density at radius 2 is 1.86 bits per heavy atom. The number of carbonyl (C=O) groups is 1. The minimum Gasteiger partial charge on any atom is -0.496 e. The van der Waals surface area contributed by atoms with Gasteiger partial charge in [-0.25, -0.2) is 5.43 Å². The lowest BCUT2D eigenvalue weighted by atomic mass is 10.1. The molecule has 21 heavy (non-hydrogen) atoms. The predicted molar refractivity (Wildman–Crippen MR) is 84.0 cm³/mol. The molecule has 0 heterocycles. The van der Waals surface area contributed by atoms with Gasteiger partial charge in [0.1, 0.15) is 5.75 Å². The number of methoxy groups -OCH3 is 1. The van der Waals surface area contributed by atoms with Crippen LogP contribution in [0.2, 0.25) is 0 Å². The maximum Gasteiger partial charge on any atom is 0.271 e. The van der Waals surface area contributed by atoms with E-state index in [1.807, 2.05) is 44.2 Å². The quantitative estimate of drug-likeness (QED) is 0.692. The Morgan fingerprint density at radius 1 is 1.14 bits per heavy atom. The highest BCUT2D eigenvalue weighted by Crippen LogP contribution is 2.17. The Hall–Kier alpha value is -2.62. The molecule has 0 atom stereocenters. The molecule has 0 saturated carbocycles. The molecule has 0 aliphatic rings. The second kappa shape index (κ2) is 6.70. The van der Waals surface area contributed by atoms with E-state index in [9.17, 15) is 4.79 Å². The van der Waals surface area contributed by atoms with E-state index in [0.717, 1.165) is 22.4 Å². The number of rotatable bonds is 4. The van der Waals surface area contributed by atoms with Crippen LogP contribution in [0.25, 0.3) is 0 Å². The van der Waals surface area contributed by atoms with E-state index >= 15 is 0 Å². The number of amides is 1. The molecule has 108 valence electrons. The van der Waals surface area contributed by atoms with E-state index in [1.165, 1.54) is 0 Å². The van der Waals surface area contributed by atoms with Crippen LogP contribution in [0.3, 0.4) is 0 Å². The zero-order chi connectivity index (χ0) is 15.2. The summed E-state index contributed by atoms with van der Waals surface area (Å²) in [6.07, 6.45) is 1.61. The van der Waals surface area contributed by atoms with Crippen molar-refractivity contribution in [3.63, 3.8) is 0 Å². The standard InChI is InChI=1S/C17H18N2O2/c1-12-4-7-15(8-5-12)17(20)19-18-11-14-6-9-16(21-3)13(2)10-14/h4-11H,1-3H3,(H,19,20). The summed E-state index contributed by atoms with van der Waals surface area (Å²) in [6, 6.07) is 13.0. The summed E-state index contributed by atoms with van der Waals surface area (Å²) in [5.74, 6) is 0.604. The van der Waals surface area contributed by atoms with Gasteiger partial charge in [-0.05, 0) is 55.3 Å². The Labute approximate surface area is 124 Å². The van der Waals surface area contributed by atoms with Gasteiger partial charge in [-0.3, -0.25) is 4.79 Å². The maximum absolute atomic E-state index is 11.9. The van der Waals surface area contributed by atoms with Crippen molar-refractivity contribution >= 4 is 12.1 Å². The van der Waals surface area contributed by atoms with Crippen molar-refractivity contribution in [3.05, 3.63) is 64.7 Å². The van der Waals surface area contributed by atoms with E-state index in [0.29, 0.717) is 5.56 Å². The van der Waals surface area contributed by atoms with Crippen LogP contribution in [-0.4, -0.2) is 19.2 Å². The second-order valence-electron chi connectivity index (χ2n) is 4.79. The van der Waals surface area contributed by atoms with Crippen molar-refractivity contribution in [2.24, 2.45) is 5.10 Å². The summed E-state index contributed by atoms with van der Waals surface area (Å²) in [5.41, 5.74) is 6.14. The molecule has 4 nitrogen and oxygen atoms in total. The van der Waals surface area contributed by atoms with Gasteiger partial charge in [0.05, 0.1) is 13.3 Å². The number of aryl methyl sites for hydroxylation is 2. The highest BCUT2D eigenvalue weighted by atomic mass is 16.5. The molecule has 0 bridgehead atoms. The molecular weight excluding hydrogens is 264 g/mol. The van der Waals surface area contributed by atoms with Crippen molar-refractivity contribution in [2.45, 2.75) is 13.8 Å². The zero-order valence-corrected chi connectivity index (χ0v) is 12.4. The maximum atomic E-state index is 11.9. The van der Waals surface area contributed by atoms with Crippen molar-refractivity contribution < 1.29 is 9.53 Å². The number of hydrogen-bond acceptors (Lipinski definition) is 3. The normalized spacial score (nSPS) is 10.6. The molecule has 0 aliphatic carbocycles. The van der Waals surface area contributed by atoms with Gasteiger partial charge in [-0.2, -0.15) is 5.10 Å². The molecule has 2 rings (SSSR count). The number of benzene rings is 2. The molecule has 4 heteroatoms. The van der Waals surface area contributed by atoms with Crippen molar-refractivity contribution in [1.82, 2.24) is 5.43 Å². The van der Waals surface area contributed by atoms with Crippen molar-refractivity contribution in [2.75, 3.05) is 7.11 Å². The zero-order valence-electron chi connectivity index (χ0n) is 12.4. The lowest BCUT2D eigenvalue weighted by Gasteiger charge is -2.04. The molecule has 0 aromatic heterocycles. The third kappa shape index (κ3) is 3.92. The van der Waals surface area contributed by atoms with E-state index in [4.69, 9.17) is 4.74 Å². The number of hydrogen-bond donors (Lipinski definition) is 1. The molecule has 2 aromatic rings. The fourth-order valence-corrected chi connectivity index (χ4v) is 1.92. The van der Waals surface area contributed by atoms with Crippen LogP contribution in [0.5, 0.6) is 5.75 Å². The topological polar surface area (TPSA) is 50.7 Å². The lowest BCUT2D eigenvalue weighted by Crippen LogP contribution is -2.17. The lowest BCUT2D eigenvalue weighted by molar-refractivity contribution is 0.0955. The van der Waals surface area contributed by atoms with Gasteiger partial charge < -0.3 is 4.74 Å². The molecular formula is C17H18N2O2. The van der Waals surface area contributed by atoms with E-state index in [2.05, 4.69) is 10.5 Å². The molecule has 0 saturated heterocycles. The second-order valence-corrected chi connectivity index (χ2v) is 4.79. The summed E-state index contributed by atoms with van der Waals surface area (Å²) >= 11 is 0. The summed E-state index contributed by atoms with van der Waals surface area (Å²) < 4.78 is 5.20. The number of carbonyl (C=O) groups excluding carboxylic acids is 1. The van der Waals surface area contributed by atoms with Crippen LogP contribution in [0.1, 0.15) is 27.0 Å². The van der Waals surface area contributed by atoms with Crippen molar-refractivity contribution in [1.29, 1.82) is 0 Å². The van der Waals surface area contributed by atoms with Gasteiger partial charge in [0, 0.05) is 5.56 Å². The minimum atomic E-state index is -0.225. The first-order valence-electron chi connectivity index (χ1n) is 6.65. The Bertz CT molecular complexity index is 661. The molecule has 2 aromatic carbocycles. The van der Waals surface area contributed by atoms with Crippen LogP contribution in [-0.2, 0) is 0 Å². The fraction of sp³-hybridized carbons (Fsp3) is 0.176. The third-order valence-corrected chi connectivity index (χ3v) is 3.11. The average molecular weight is 282 g/mol. The Morgan fingerprint density at radius 3 is 2.48 bits per heavy atom. The van der Waals surface area contributed by atoms with Crippen LogP contribution < -0.4 is 10.2 Å². The third-order valence-electron chi connectivity index (χ3n) is 3.11.